The van der Waals surface area contributed by atoms with E-state index in [1.54, 1.807) is 0 Å². The summed E-state index contributed by atoms with van der Waals surface area (Å²) < 4.78 is 0. The van der Waals surface area contributed by atoms with Crippen LogP contribution in [0.5, 0.6) is 0 Å². The number of carbonyl (C=O) groups is 3. The van der Waals surface area contributed by atoms with Crippen LogP contribution in [0.25, 0.3) is 0 Å². The normalized spacial score (nSPS) is 15.3. The minimum Gasteiger partial charge on any atom is -0.480 e. The van der Waals surface area contributed by atoms with Crippen LogP contribution in [0.4, 0.5) is 0 Å². The highest BCUT2D eigenvalue weighted by Gasteiger charge is 2.26. The smallest absolute Gasteiger partial charge is 0.328 e. The molecular formula is C9H17N3O6. The van der Waals surface area contributed by atoms with Crippen molar-refractivity contribution in [2.24, 2.45) is 5.73 Å². The summed E-state index contributed by atoms with van der Waals surface area (Å²) in [5.74, 6) is -3.02. The third-order valence-electron chi connectivity index (χ3n) is 2.03. The molecule has 0 saturated heterocycles. The number of amides is 2. The highest BCUT2D eigenvalue weighted by molar-refractivity contribution is 5.91. The molecule has 0 aliphatic rings. The SMILES string of the molecule is CC(N)C(=O)NC(CO)C(=O)NC(CO)C(=O)O. The van der Waals surface area contributed by atoms with Crippen molar-refractivity contribution >= 4 is 17.8 Å². The van der Waals surface area contributed by atoms with E-state index in [1.807, 2.05) is 5.32 Å². The van der Waals surface area contributed by atoms with E-state index in [0.717, 1.165) is 0 Å². The lowest BCUT2D eigenvalue weighted by Crippen LogP contribution is -2.56. The molecule has 2 amide bonds. The van der Waals surface area contributed by atoms with Gasteiger partial charge in [-0.15, -0.1) is 0 Å². The summed E-state index contributed by atoms with van der Waals surface area (Å²) in [6, 6.07) is -3.70. The van der Waals surface area contributed by atoms with Gasteiger partial charge in [-0.3, -0.25) is 9.59 Å². The Morgan fingerprint density at radius 2 is 1.50 bits per heavy atom. The average Bonchev–Trinajstić information content (AvgIpc) is 2.31. The van der Waals surface area contributed by atoms with Crippen molar-refractivity contribution in [1.82, 2.24) is 10.6 Å². The van der Waals surface area contributed by atoms with Gasteiger partial charge in [0.2, 0.25) is 11.8 Å². The summed E-state index contributed by atoms with van der Waals surface area (Å²) in [6.07, 6.45) is 0. The molecule has 0 fully saturated rings. The van der Waals surface area contributed by atoms with Gasteiger partial charge in [-0.25, -0.2) is 4.79 Å². The van der Waals surface area contributed by atoms with Gasteiger partial charge in [-0.05, 0) is 6.92 Å². The van der Waals surface area contributed by atoms with Crippen molar-refractivity contribution in [1.29, 1.82) is 0 Å². The maximum Gasteiger partial charge on any atom is 0.328 e. The first kappa shape index (κ1) is 16.3. The fraction of sp³-hybridized carbons (Fsp3) is 0.667. The maximum absolute atomic E-state index is 11.5. The molecule has 0 heterocycles. The van der Waals surface area contributed by atoms with Crippen LogP contribution >= 0.6 is 0 Å². The summed E-state index contributed by atoms with van der Waals surface area (Å²) in [4.78, 5) is 33.3. The number of aliphatic hydroxyl groups is 2. The Bertz CT molecular complexity index is 319. The van der Waals surface area contributed by atoms with Gasteiger partial charge < -0.3 is 31.7 Å². The van der Waals surface area contributed by atoms with Crippen LogP contribution in [0.3, 0.4) is 0 Å². The first-order valence-electron chi connectivity index (χ1n) is 5.14. The van der Waals surface area contributed by atoms with E-state index in [-0.39, 0.29) is 0 Å². The molecule has 0 rings (SSSR count). The molecule has 0 spiro atoms. The Kier molecular flexibility index (Phi) is 6.86. The Balaban J connectivity index is 4.52. The Morgan fingerprint density at radius 3 is 1.83 bits per heavy atom. The number of nitrogens with two attached hydrogens (primary N) is 1. The number of aliphatic carboxylic acids is 1. The lowest BCUT2D eigenvalue weighted by molar-refractivity contribution is -0.143. The summed E-state index contributed by atoms with van der Waals surface area (Å²) in [6.45, 7) is -0.141. The van der Waals surface area contributed by atoms with Crippen LogP contribution in [0.15, 0.2) is 0 Å². The first-order chi connectivity index (χ1) is 8.33. The van der Waals surface area contributed by atoms with Crippen LogP contribution in [0, 0.1) is 0 Å². The molecule has 9 nitrogen and oxygen atoms in total. The Morgan fingerprint density at radius 1 is 1.06 bits per heavy atom. The van der Waals surface area contributed by atoms with Gasteiger partial charge in [0.25, 0.3) is 0 Å². The molecule has 104 valence electrons. The Hall–Kier alpha value is -1.71. The van der Waals surface area contributed by atoms with Crippen molar-refractivity contribution in [3.8, 4) is 0 Å². The average molecular weight is 263 g/mol. The predicted molar refractivity (Wildman–Crippen MR) is 59.3 cm³/mol. The molecule has 0 aromatic heterocycles. The number of hydrogen-bond acceptors (Lipinski definition) is 6. The zero-order chi connectivity index (χ0) is 14.3. The van der Waals surface area contributed by atoms with Crippen molar-refractivity contribution < 1.29 is 29.7 Å². The fourth-order valence-electron chi connectivity index (χ4n) is 0.955. The maximum atomic E-state index is 11.5. The topological polar surface area (TPSA) is 162 Å². The summed E-state index contributed by atoms with van der Waals surface area (Å²) in [5.41, 5.74) is 5.26. The van der Waals surface area contributed by atoms with Crippen LogP contribution in [-0.2, 0) is 14.4 Å². The zero-order valence-corrected chi connectivity index (χ0v) is 9.79. The number of carboxylic acids is 1. The number of hydrogen-bond donors (Lipinski definition) is 6. The Labute approximate surface area is 103 Å². The lowest BCUT2D eigenvalue weighted by atomic mass is 10.2. The van der Waals surface area contributed by atoms with Gasteiger partial charge in [0.05, 0.1) is 19.3 Å². The fourth-order valence-corrected chi connectivity index (χ4v) is 0.955. The number of carbonyl (C=O) groups excluding carboxylic acids is 2. The third kappa shape index (κ3) is 5.08. The minimum absolute atomic E-state index is 0.667. The van der Waals surface area contributed by atoms with E-state index in [9.17, 15) is 14.4 Å². The van der Waals surface area contributed by atoms with Gasteiger partial charge in [0, 0.05) is 0 Å². The third-order valence-corrected chi connectivity index (χ3v) is 2.03. The molecule has 0 aliphatic heterocycles. The number of rotatable bonds is 7. The van der Waals surface area contributed by atoms with Gasteiger partial charge in [-0.2, -0.15) is 0 Å². The number of nitrogens with one attached hydrogen (secondary N) is 2. The summed E-state index contributed by atoms with van der Waals surface area (Å²) in [5, 5.41) is 30.3. The second kappa shape index (κ2) is 7.58. The first-order valence-corrected chi connectivity index (χ1v) is 5.14. The molecule has 0 bridgehead atoms. The van der Waals surface area contributed by atoms with Crippen molar-refractivity contribution in [2.75, 3.05) is 13.2 Å². The van der Waals surface area contributed by atoms with E-state index >= 15 is 0 Å². The van der Waals surface area contributed by atoms with E-state index in [4.69, 9.17) is 21.1 Å². The number of aliphatic hydroxyl groups excluding tert-OH is 2. The van der Waals surface area contributed by atoms with E-state index in [1.165, 1.54) is 6.92 Å². The number of carboxylic acid groups (broad SMARTS) is 1. The molecule has 0 radical (unpaired) electrons. The highest BCUT2D eigenvalue weighted by Crippen LogP contribution is 1.89. The monoisotopic (exact) mass is 263 g/mol. The summed E-state index contributed by atoms with van der Waals surface area (Å²) in [7, 11) is 0. The molecule has 18 heavy (non-hydrogen) atoms. The largest absolute Gasteiger partial charge is 0.480 e. The van der Waals surface area contributed by atoms with Crippen LogP contribution < -0.4 is 16.4 Å². The van der Waals surface area contributed by atoms with Gasteiger partial charge in [0.15, 0.2) is 0 Å². The standard InChI is InChI=1S/C9H17N3O6/c1-4(10)7(15)11-5(2-13)8(16)12-6(3-14)9(17)18/h4-6,13-14H,2-3,10H2,1H3,(H,11,15)(H,12,16)(H,17,18). The molecule has 9 heteroatoms. The predicted octanol–water partition coefficient (Wildman–Crippen LogP) is -3.63. The van der Waals surface area contributed by atoms with Gasteiger partial charge >= 0.3 is 5.97 Å². The molecular weight excluding hydrogens is 246 g/mol. The molecule has 0 aromatic carbocycles. The zero-order valence-electron chi connectivity index (χ0n) is 9.79. The van der Waals surface area contributed by atoms with Crippen LogP contribution in [-0.4, -0.2) is 64.4 Å². The quantitative estimate of drug-likeness (QED) is 0.276. The highest BCUT2D eigenvalue weighted by atomic mass is 16.4. The summed E-state index contributed by atoms with van der Waals surface area (Å²) >= 11 is 0. The lowest BCUT2D eigenvalue weighted by Gasteiger charge is -2.19. The second-order valence-electron chi connectivity index (χ2n) is 3.61. The van der Waals surface area contributed by atoms with Crippen molar-refractivity contribution in [3.63, 3.8) is 0 Å². The van der Waals surface area contributed by atoms with E-state index in [0.29, 0.717) is 0 Å². The van der Waals surface area contributed by atoms with Crippen molar-refractivity contribution in [3.05, 3.63) is 0 Å². The molecule has 3 unspecified atom stereocenters. The molecule has 0 saturated carbocycles. The van der Waals surface area contributed by atoms with E-state index < -0.39 is 49.1 Å². The van der Waals surface area contributed by atoms with Crippen molar-refractivity contribution in [2.45, 2.75) is 25.0 Å². The van der Waals surface area contributed by atoms with Gasteiger partial charge in [0.1, 0.15) is 12.1 Å². The molecule has 7 N–H and O–H groups in total. The van der Waals surface area contributed by atoms with Crippen LogP contribution in [0.1, 0.15) is 6.92 Å². The minimum atomic E-state index is -1.50. The second-order valence-corrected chi connectivity index (χ2v) is 3.61. The molecule has 0 aliphatic carbocycles. The molecule has 0 aromatic rings. The van der Waals surface area contributed by atoms with Gasteiger partial charge in [-0.1, -0.05) is 0 Å². The van der Waals surface area contributed by atoms with E-state index in [2.05, 4.69) is 5.32 Å². The molecule has 3 atom stereocenters. The van der Waals surface area contributed by atoms with Crippen LogP contribution in [0.2, 0.25) is 0 Å².